The summed E-state index contributed by atoms with van der Waals surface area (Å²) >= 11 is 0. The number of benzene rings is 2. The van der Waals surface area contributed by atoms with Crippen LogP contribution in [-0.2, 0) is 11.2 Å². The van der Waals surface area contributed by atoms with Gasteiger partial charge in [0.2, 0.25) is 5.91 Å². The van der Waals surface area contributed by atoms with E-state index in [1.165, 1.54) is 18.9 Å². The zero-order valence-electron chi connectivity index (χ0n) is 13.7. The Labute approximate surface area is 141 Å². The first kappa shape index (κ1) is 16.3. The maximum absolute atomic E-state index is 13.7. The summed E-state index contributed by atoms with van der Waals surface area (Å²) in [6.07, 6.45) is 0.215. The second kappa shape index (κ2) is 7.34. The summed E-state index contributed by atoms with van der Waals surface area (Å²) < 4.78 is 18.6. The Morgan fingerprint density at radius 2 is 1.79 bits per heavy atom. The maximum Gasteiger partial charge on any atom is 0.227 e. The molecule has 126 valence electrons. The molecule has 1 aliphatic rings. The normalized spacial score (nSPS) is 14.6. The zero-order valence-corrected chi connectivity index (χ0v) is 13.7. The Bertz CT molecular complexity index is 698. The molecule has 0 aliphatic carbocycles. The van der Waals surface area contributed by atoms with Gasteiger partial charge >= 0.3 is 0 Å². The van der Waals surface area contributed by atoms with Crippen molar-refractivity contribution in [1.29, 1.82) is 0 Å². The summed E-state index contributed by atoms with van der Waals surface area (Å²) in [6, 6.07) is 14.9. The van der Waals surface area contributed by atoms with E-state index >= 15 is 0 Å². The van der Waals surface area contributed by atoms with Gasteiger partial charge in [-0.05, 0) is 29.8 Å². The summed E-state index contributed by atoms with van der Waals surface area (Å²) in [4.78, 5) is 16.6. The summed E-state index contributed by atoms with van der Waals surface area (Å²) in [5.41, 5.74) is 1.85. The third-order valence-electron chi connectivity index (χ3n) is 4.33. The van der Waals surface area contributed by atoms with E-state index in [2.05, 4.69) is 17.0 Å². The molecule has 2 aromatic carbocycles. The molecule has 0 unspecified atom stereocenters. The Morgan fingerprint density at radius 1 is 1.08 bits per heavy atom. The molecular weight excluding hydrogens is 307 g/mol. The number of hydrogen-bond donors (Lipinski definition) is 0. The Morgan fingerprint density at radius 3 is 2.42 bits per heavy atom. The van der Waals surface area contributed by atoms with Gasteiger partial charge in [-0.2, -0.15) is 0 Å². The van der Waals surface area contributed by atoms with Crippen LogP contribution in [0, 0.1) is 5.82 Å². The second-order valence-corrected chi connectivity index (χ2v) is 5.85. The molecule has 0 atom stereocenters. The first-order valence-corrected chi connectivity index (χ1v) is 8.07. The van der Waals surface area contributed by atoms with Crippen molar-refractivity contribution >= 4 is 11.6 Å². The van der Waals surface area contributed by atoms with Crippen molar-refractivity contribution in [2.45, 2.75) is 6.42 Å². The lowest BCUT2D eigenvalue weighted by Gasteiger charge is -2.36. The first-order chi connectivity index (χ1) is 11.7. The molecule has 3 rings (SSSR count). The number of nitrogens with zero attached hydrogens (tertiary/aromatic N) is 2. The van der Waals surface area contributed by atoms with Gasteiger partial charge in [0, 0.05) is 31.9 Å². The highest BCUT2D eigenvalue weighted by Crippen LogP contribution is 2.19. The number of amides is 1. The van der Waals surface area contributed by atoms with Crippen LogP contribution in [0.2, 0.25) is 0 Å². The van der Waals surface area contributed by atoms with Gasteiger partial charge in [0.15, 0.2) is 11.6 Å². The van der Waals surface area contributed by atoms with Gasteiger partial charge in [-0.15, -0.1) is 0 Å². The summed E-state index contributed by atoms with van der Waals surface area (Å²) in [7, 11) is 1.43. The van der Waals surface area contributed by atoms with Crippen molar-refractivity contribution in [2.24, 2.45) is 0 Å². The van der Waals surface area contributed by atoms with Crippen molar-refractivity contribution in [3.05, 3.63) is 59.9 Å². The van der Waals surface area contributed by atoms with Gasteiger partial charge in [0.1, 0.15) is 0 Å². The molecule has 5 heteroatoms. The van der Waals surface area contributed by atoms with Crippen LogP contribution in [0.15, 0.2) is 48.5 Å². The van der Waals surface area contributed by atoms with Crippen LogP contribution in [-0.4, -0.2) is 44.1 Å². The van der Waals surface area contributed by atoms with Crippen LogP contribution in [0.1, 0.15) is 5.56 Å². The molecule has 1 aliphatic heterocycles. The quantitative estimate of drug-likeness (QED) is 0.865. The summed E-state index contributed by atoms with van der Waals surface area (Å²) in [5.74, 6) is -0.202. The van der Waals surface area contributed by atoms with Crippen molar-refractivity contribution in [3.63, 3.8) is 0 Å². The van der Waals surface area contributed by atoms with E-state index in [0.29, 0.717) is 18.7 Å². The summed E-state index contributed by atoms with van der Waals surface area (Å²) in [5, 5.41) is 0. The third-order valence-corrected chi connectivity index (χ3v) is 4.33. The fraction of sp³-hybridized carbons (Fsp3) is 0.316. The van der Waals surface area contributed by atoms with Gasteiger partial charge in [-0.3, -0.25) is 4.79 Å². The SMILES string of the molecule is COc1ccc(CC(=O)N2CCN(c3ccccc3)CC2)cc1F. The van der Waals surface area contributed by atoms with Gasteiger partial charge in [-0.25, -0.2) is 4.39 Å². The molecule has 0 saturated carbocycles. The van der Waals surface area contributed by atoms with Crippen LogP contribution in [0.4, 0.5) is 10.1 Å². The third kappa shape index (κ3) is 3.67. The maximum atomic E-state index is 13.7. The number of methoxy groups -OCH3 is 1. The summed E-state index contributed by atoms with van der Waals surface area (Å²) in [6.45, 7) is 3.00. The van der Waals surface area contributed by atoms with Crippen molar-refractivity contribution in [1.82, 2.24) is 4.90 Å². The van der Waals surface area contributed by atoms with E-state index in [1.54, 1.807) is 12.1 Å². The highest BCUT2D eigenvalue weighted by molar-refractivity contribution is 5.79. The molecule has 1 fully saturated rings. The average molecular weight is 328 g/mol. The standard InChI is InChI=1S/C19H21FN2O2/c1-24-18-8-7-15(13-17(18)20)14-19(23)22-11-9-21(10-12-22)16-5-3-2-4-6-16/h2-8,13H,9-12,14H2,1H3. The fourth-order valence-electron chi connectivity index (χ4n) is 2.96. The van der Waals surface area contributed by atoms with Crippen molar-refractivity contribution in [2.75, 3.05) is 38.2 Å². The Kier molecular flexibility index (Phi) is 4.99. The lowest BCUT2D eigenvalue weighted by Crippen LogP contribution is -2.49. The van der Waals surface area contributed by atoms with Gasteiger partial charge in [0.25, 0.3) is 0 Å². The molecule has 0 N–H and O–H groups in total. The largest absolute Gasteiger partial charge is 0.494 e. The fourth-order valence-corrected chi connectivity index (χ4v) is 2.96. The highest BCUT2D eigenvalue weighted by Gasteiger charge is 2.21. The monoisotopic (exact) mass is 328 g/mol. The molecule has 2 aromatic rings. The predicted molar refractivity (Wildman–Crippen MR) is 91.9 cm³/mol. The highest BCUT2D eigenvalue weighted by atomic mass is 19.1. The molecule has 4 nitrogen and oxygen atoms in total. The Balaban J connectivity index is 1.56. The number of para-hydroxylation sites is 1. The minimum absolute atomic E-state index is 0.0345. The minimum atomic E-state index is -0.434. The molecule has 1 heterocycles. The van der Waals surface area contributed by atoms with Crippen LogP contribution >= 0.6 is 0 Å². The average Bonchev–Trinajstić information content (AvgIpc) is 2.63. The first-order valence-electron chi connectivity index (χ1n) is 8.07. The van der Waals surface area contributed by atoms with E-state index in [9.17, 15) is 9.18 Å². The Hall–Kier alpha value is -2.56. The van der Waals surface area contributed by atoms with Crippen LogP contribution < -0.4 is 9.64 Å². The van der Waals surface area contributed by atoms with E-state index in [1.807, 2.05) is 23.1 Å². The topological polar surface area (TPSA) is 32.8 Å². The molecule has 1 saturated heterocycles. The van der Waals surface area contributed by atoms with Gasteiger partial charge < -0.3 is 14.5 Å². The number of rotatable bonds is 4. The molecule has 0 radical (unpaired) electrons. The van der Waals surface area contributed by atoms with Crippen LogP contribution in [0.3, 0.4) is 0 Å². The molecule has 0 aromatic heterocycles. The number of piperazine rings is 1. The zero-order chi connectivity index (χ0) is 16.9. The lowest BCUT2D eigenvalue weighted by atomic mass is 10.1. The van der Waals surface area contributed by atoms with Crippen molar-refractivity contribution < 1.29 is 13.9 Å². The number of carbonyl (C=O) groups excluding carboxylic acids is 1. The number of halogens is 1. The smallest absolute Gasteiger partial charge is 0.227 e. The van der Waals surface area contributed by atoms with E-state index in [0.717, 1.165) is 13.1 Å². The van der Waals surface area contributed by atoms with Crippen LogP contribution in [0.25, 0.3) is 0 Å². The van der Waals surface area contributed by atoms with Gasteiger partial charge in [-0.1, -0.05) is 24.3 Å². The molecule has 0 spiro atoms. The van der Waals surface area contributed by atoms with Crippen molar-refractivity contribution in [3.8, 4) is 5.75 Å². The molecular formula is C19H21FN2O2. The second-order valence-electron chi connectivity index (χ2n) is 5.85. The lowest BCUT2D eigenvalue weighted by molar-refractivity contribution is -0.130. The number of hydrogen-bond acceptors (Lipinski definition) is 3. The molecule has 24 heavy (non-hydrogen) atoms. The number of carbonyl (C=O) groups is 1. The minimum Gasteiger partial charge on any atom is -0.494 e. The molecule has 1 amide bonds. The van der Waals surface area contributed by atoms with E-state index < -0.39 is 5.82 Å². The van der Waals surface area contributed by atoms with E-state index in [4.69, 9.17) is 4.74 Å². The van der Waals surface area contributed by atoms with E-state index in [-0.39, 0.29) is 18.1 Å². The predicted octanol–water partition coefficient (Wildman–Crippen LogP) is 2.73. The van der Waals surface area contributed by atoms with Crippen LogP contribution in [0.5, 0.6) is 5.75 Å². The van der Waals surface area contributed by atoms with Gasteiger partial charge in [0.05, 0.1) is 13.5 Å². The number of ether oxygens (including phenoxy) is 1. The molecule has 0 bridgehead atoms. The number of anilines is 1.